The number of terminal acetylenes is 1. The number of methoxy groups -OCH3 is 2. The van der Waals surface area contributed by atoms with Crippen LogP contribution in [0.25, 0.3) is 0 Å². The van der Waals surface area contributed by atoms with Crippen LogP contribution in [0.15, 0.2) is 41.3 Å². The van der Waals surface area contributed by atoms with Crippen molar-refractivity contribution in [3.63, 3.8) is 0 Å². The molecule has 2 N–H and O–H groups in total. The molecule has 164 valence electrons. The first-order valence-corrected chi connectivity index (χ1v) is 10.4. The quantitative estimate of drug-likeness (QED) is 0.320. The fourth-order valence-corrected chi connectivity index (χ4v) is 3.63. The van der Waals surface area contributed by atoms with Gasteiger partial charge < -0.3 is 14.8 Å². The lowest BCUT2D eigenvalue weighted by Gasteiger charge is -2.11. The molecule has 2 aromatic carbocycles. The van der Waals surface area contributed by atoms with E-state index in [0.29, 0.717) is 11.3 Å². The Balaban J connectivity index is 2.07. The lowest BCUT2D eigenvalue weighted by molar-refractivity contribution is -0.385. The van der Waals surface area contributed by atoms with Crippen molar-refractivity contribution in [2.24, 2.45) is 0 Å². The van der Waals surface area contributed by atoms with Crippen molar-refractivity contribution >= 4 is 21.6 Å². The smallest absolute Gasteiger partial charge is 0.276 e. The minimum atomic E-state index is -3.75. The van der Waals surface area contributed by atoms with E-state index in [1.165, 1.54) is 50.6 Å². The summed E-state index contributed by atoms with van der Waals surface area (Å²) in [5.41, 5.74) is 0.447. The molecular formula is C20H21N3O7S. The molecule has 0 aliphatic rings. The third-order valence-corrected chi connectivity index (χ3v) is 5.67. The number of carbonyl (C=O) groups is 1. The SMILES string of the molecule is C#CCNS(=O)(=O)c1ccc(C(=O)NCCc2cc(OC)c(OC)cc2[N+](=O)[O-])cc1. The fourth-order valence-electron chi connectivity index (χ4n) is 2.70. The van der Waals surface area contributed by atoms with E-state index in [9.17, 15) is 23.3 Å². The Hall–Kier alpha value is -3.62. The number of nitro benzene ring substituents is 1. The second kappa shape index (κ2) is 10.4. The molecule has 31 heavy (non-hydrogen) atoms. The molecule has 0 unspecified atom stereocenters. The molecule has 2 rings (SSSR count). The van der Waals surface area contributed by atoms with Crippen LogP contribution in [0.1, 0.15) is 15.9 Å². The number of nitrogens with zero attached hydrogens (tertiary/aromatic N) is 1. The van der Waals surface area contributed by atoms with Gasteiger partial charge in [0, 0.05) is 17.7 Å². The lowest BCUT2D eigenvalue weighted by atomic mass is 10.1. The van der Waals surface area contributed by atoms with Crippen LogP contribution in [0.2, 0.25) is 0 Å². The highest BCUT2D eigenvalue weighted by Crippen LogP contribution is 2.34. The number of nitro groups is 1. The number of amides is 1. The zero-order valence-corrected chi connectivity index (χ0v) is 17.7. The number of benzene rings is 2. The van der Waals surface area contributed by atoms with E-state index in [2.05, 4.69) is 16.0 Å². The van der Waals surface area contributed by atoms with Gasteiger partial charge in [-0.15, -0.1) is 6.42 Å². The van der Waals surface area contributed by atoms with E-state index in [-0.39, 0.29) is 41.4 Å². The Labute approximate surface area is 179 Å². The highest BCUT2D eigenvalue weighted by atomic mass is 32.2. The predicted molar refractivity (Wildman–Crippen MR) is 113 cm³/mol. The van der Waals surface area contributed by atoms with Crippen LogP contribution >= 0.6 is 0 Å². The predicted octanol–water partition coefficient (Wildman–Crippen LogP) is 1.50. The van der Waals surface area contributed by atoms with Crippen LogP contribution in [-0.4, -0.2) is 46.6 Å². The summed E-state index contributed by atoms with van der Waals surface area (Å²) in [4.78, 5) is 23.1. The van der Waals surface area contributed by atoms with Gasteiger partial charge in [0.05, 0.1) is 36.6 Å². The largest absolute Gasteiger partial charge is 0.493 e. The minimum absolute atomic E-state index is 0.0275. The number of carbonyl (C=O) groups excluding carboxylic acids is 1. The summed E-state index contributed by atoms with van der Waals surface area (Å²) in [5.74, 6) is 2.29. The Morgan fingerprint density at radius 3 is 2.32 bits per heavy atom. The Kier molecular flexibility index (Phi) is 7.95. The zero-order chi connectivity index (χ0) is 23.0. The van der Waals surface area contributed by atoms with Crippen LogP contribution in [0.4, 0.5) is 5.69 Å². The second-order valence-corrected chi connectivity index (χ2v) is 7.92. The Morgan fingerprint density at radius 2 is 1.77 bits per heavy atom. The van der Waals surface area contributed by atoms with E-state index < -0.39 is 20.9 Å². The van der Waals surface area contributed by atoms with Gasteiger partial charge in [-0.1, -0.05) is 5.92 Å². The van der Waals surface area contributed by atoms with Crippen molar-refractivity contribution in [2.75, 3.05) is 27.3 Å². The van der Waals surface area contributed by atoms with Crippen LogP contribution in [-0.2, 0) is 16.4 Å². The normalized spacial score (nSPS) is 10.7. The number of rotatable bonds is 10. The Morgan fingerprint density at radius 1 is 1.16 bits per heavy atom. The molecule has 0 saturated carbocycles. The van der Waals surface area contributed by atoms with Crippen LogP contribution in [0.3, 0.4) is 0 Å². The third-order valence-electron chi connectivity index (χ3n) is 4.25. The van der Waals surface area contributed by atoms with Crippen molar-refractivity contribution in [2.45, 2.75) is 11.3 Å². The molecule has 11 heteroatoms. The summed E-state index contributed by atoms with van der Waals surface area (Å²) < 4.78 is 36.5. The molecule has 0 spiro atoms. The molecule has 0 fully saturated rings. The molecule has 0 aliphatic carbocycles. The zero-order valence-electron chi connectivity index (χ0n) is 16.9. The third kappa shape index (κ3) is 5.94. The maximum absolute atomic E-state index is 12.3. The van der Waals surface area contributed by atoms with Gasteiger partial charge in [0.2, 0.25) is 10.0 Å². The standard InChI is InChI=1S/C20H21N3O7S/c1-4-10-22-31(27,28)16-7-5-14(6-8-16)20(24)21-11-9-15-12-18(29-2)19(30-3)13-17(15)23(25)26/h1,5-8,12-13,22H,9-11H2,2-3H3,(H,21,24). The molecule has 0 heterocycles. The van der Waals surface area contributed by atoms with E-state index >= 15 is 0 Å². The number of hydrogen-bond acceptors (Lipinski definition) is 7. The summed E-state index contributed by atoms with van der Waals surface area (Å²) in [6.45, 7) is -0.0359. The first kappa shape index (κ1) is 23.7. The van der Waals surface area contributed by atoms with E-state index in [1.807, 2.05) is 0 Å². The second-order valence-electron chi connectivity index (χ2n) is 6.15. The molecule has 0 aromatic heterocycles. The average Bonchev–Trinajstić information content (AvgIpc) is 2.77. The van der Waals surface area contributed by atoms with E-state index in [1.54, 1.807) is 0 Å². The van der Waals surface area contributed by atoms with Gasteiger partial charge >= 0.3 is 0 Å². The fraction of sp³-hybridized carbons (Fsp3) is 0.250. The van der Waals surface area contributed by atoms with Crippen molar-refractivity contribution in [3.8, 4) is 23.8 Å². The summed E-state index contributed by atoms with van der Waals surface area (Å²) in [7, 11) is -0.957. The molecule has 0 saturated heterocycles. The highest BCUT2D eigenvalue weighted by Gasteiger charge is 2.20. The van der Waals surface area contributed by atoms with Gasteiger partial charge in [-0.3, -0.25) is 14.9 Å². The van der Waals surface area contributed by atoms with Crippen molar-refractivity contribution in [1.82, 2.24) is 10.0 Å². The van der Waals surface area contributed by atoms with Crippen LogP contribution in [0.5, 0.6) is 11.5 Å². The molecule has 0 atom stereocenters. The molecule has 1 amide bonds. The summed E-state index contributed by atoms with van der Waals surface area (Å²) in [6.07, 6.45) is 5.21. The molecule has 0 bridgehead atoms. The number of hydrogen-bond donors (Lipinski definition) is 2. The molecule has 2 aromatic rings. The van der Waals surface area contributed by atoms with Crippen LogP contribution < -0.4 is 19.5 Å². The average molecular weight is 447 g/mol. The number of ether oxygens (including phenoxy) is 2. The first-order valence-electron chi connectivity index (χ1n) is 8.94. The molecule has 10 nitrogen and oxygen atoms in total. The van der Waals surface area contributed by atoms with Gasteiger partial charge in [0.25, 0.3) is 11.6 Å². The van der Waals surface area contributed by atoms with Gasteiger partial charge in [-0.2, -0.15) is 4.72 Å². The number of nitrogens with one attached hydrogen (secondary N) is 2. The molecule has 0 radical (unpaired) electrons. The van der Waals surface area contributed by atoms with E-state index in [0.717, 1.165) is 0 Å². The molecular weight excluding hydrogens is 426 g/mol. The van der Waals surface area contributed by atoms with E-state index in [4.69, 9.17) is 15.9 Å². The topological polar surface area (TPSA) is 137 Å². The highest BCUT2D eigenvalue weighted by molar-refractivity contribution is 7.89. The van der Waals surface area contributed by atoms with Gasteiger partial charge in [-0.05, 0) is 36.8 Å². The van der Waals surface area contributed by atoms with Crippen molar-refractivity contribution in [3.05, 3.63) is 57.6 Å². The first-order chi connectivity index (χ1) is 14.7. The number of sulfonamides is 1. The maximum Gasteiger partial charge on any atom is 0.276 e. The summed E-state index contributed by atoms with van der Waals surface area (Å²) in [5, 5.41) is 14.0. The lowest BCUT2D eigenvalue weighted by Crippen LogP contribution is -2.26. The maximum atomic E-state index is 12.3. The van der Waals surface area contributed by atoms with Gasteiger partial charge in [0.15, 0.2) is 11.5 Å². The monoisotopic (exact) mass is 447 g/mol. The summed E-state index contributed by atoms with van der Waals surface area (Å²) in [6, 6.07) is 8.05. The van der Waals surface area contributed by atoms with Crippen molar-refractivity contribution < 1.29 is 27.6 Å². The van der Waals surface area contributed by atoms with Gasteiger partial charge in [-0.25, -0.2) is 8.42 Å². The summed E-state index contributed by atoms with van der Waals surface area (Å²) >= 11 is 0. The molecule has 0 aliphatic heterocycles. The minimum Gasteiger partial charge on any atom is -0.493 e. The van der Waals surface area contributed by atoms with Crippen molar-refractivity contribution in [1.29, 1.82) is 0 Å². The van der Waals surface area contributed by atoms with Gasteiger partial charge in [0.1, 0.15) is 0 Å². The Bertz CT molecular complexity index is 1110. The van der Waals surface area contributed by atoms with Crippen LogP contribution in [0, 0.1) is 22.5 Å².